The second kappa shape index (κ2) is 9.17. The first kappa shape index (κ1) is 25.5. The molecule has 0 bridgehead atoms. The van der Waals surface area contributed by atoms with Gasteiger partial charge in [0.15, 0.2) is 11.3 Å². The minimum Gasteiger partial charge on any atom is -0.274 e. The fourth-order valence-electron chi connectivity index (χ4n) is 5.03. The van der Waals surface area contributed by atoms with Gasteiger partial charge < -0.3 is 0 Å². The number of nitrogens with zero attached hydrogens (tertiary/aromatic N) is 5. The Balaban J connectivity index is 1.31. The molecule has 3 heterocycles. The number of hydrogen-bond donors (Lipinski definition) is 1. The topological polar surface area (TPSA) is 128 Å². The third-order valence-electron chi connectivity index (χ3n) is 6.91. The monoisotopic (exact) mass is 572 g/mol. The molecule has 39 heavy (non-hydrogen) atoms. The highest BCUT2D eigenvalue weighted by molar-refractivity contribution is 7.90. The highest BCUT2D eigenvalue weighted by Gasteiger charge is 2.33. The molecule has 2 aromatic carbocycles. The molecular weight excluding hydrogens is 550 g/mol. The first-order valence-electron chi connectivity index (χ1n) is 12.0. The van der Waals surface area contributed by atoms with Crippen LogP contribution in [0.4, 0.5) is 8.78 Å². The zero-order valence-electron chi connectivity index (χ0n) is 20.5. The minimum atomic E-state index is -4.15. The van der Waals surface area contributed by atoms with E-state index in [0.717, 1.165) is 21.7 Å². The number of nitrogens with one attached hydrogen (secondary N) is 1. The Hall–Kier alpha value is -3.75. The predicted octanol–water partition coefficient (Wildman–Crippen LogP) is 3.52. The average molecular weight is 573 g/mol. The van der Waals surface area contributed by atoms with Crippen molar-refractivity contribution >= 4 is 36.9 Å². The van der Waals surface area contributed by atoms with E-state index in [1.54, 1.807) is 22.6 Å². The van der Waals surface area contributed by atoms with Gasteiger partial charge in [0, 0.05) is 24.2 Å². The number of rotatable bonds is 6. The molecule has 0 amide bonds. The van der Waals surface area contributed by atoms with Crippen LogP contribution in [0.2, 0.25) is 0 Å². The molecule has 202 valence electrons. The molecule has 0 spiro atoms. The highest BCUT2D eigenvalue weighted by atomic mass is 32.2. The van der Waals surface area contributed by atoms with Crippen molar-refractivity contribution in [2.24, 2.45) is 0 Å². The predicted molar refractivity (Wildman–Crippen MR) is 137 cm³/mol. The molecular formula is C25H22F2N6O4S2. The van der Waals surface area contributed by atoms with Crippen molar-refractivity contribution in [2.45, 2.75) is 47.9 Å². The molecule has 1 aliphatic carbocycles. The van der Waals surface area contributed by atoms with Gasteiger partial charge in [0.2, 0.25) is 10.0 Å². The van der Waals surface area contributed by atoms with Crippen LogP contribution in [0.25, 0.3) is 16.8 Å². The normalized spacial score (nSPS) is 18.3. The summed E-state index contributed by atoms with van der Waals surface area (Å²) in [4.78, 5) is 3.98. The highest BCUT2D eigenvalue weighted by Crippen LogP contribution is 2.35. The number of aromatic nitrogens is 5. The van der Waals surface area contributed by atoms with Crippen molar-refractivity contribution in [1.29, 1.82) is 0 Å². The van der Waals surface area contributed by atoms with E-state index in [4.69, 9.17) is 0 Å². The van der Waals surface area contributed by atoms with Crippen LogP contribution in [0.5, 0.6) is 0 Å². The lowest BCUT2D eigenvalue weighted by molar-refractivity contribution is 0.539. The first-order chi connectivity index (χ1) is 18.5. The van der Waals surface area contributed by atoms with E-state index in [-0.39, 0.29) is 16.5 Å². The largest absolute Gasteiger partial charge is 0.274 e. The Labute approximate surface area is 222 Å². The van der Waals surface area contributed by atoms with Crippen LogP contribution < -0.4 is 4.72 Å². The molecule has 2 atom stereocenters. The second-order valence-corrected chi connectivity index (χ2v) is 13.1. The molecule has 1 N–H and O–H groups in total. The fraction of sp³-hybridized carbons (Fsp3) is 0.240. The maximum absolute atomic E-state index is 13.6. The lowest BCUT2D eigenvalue weighted by Gasteiger charge is -2.14. The fourth-order valence-corrected chi connectivity index (χ4v) is 7.65. The van der Waals surface area contributed by atoms with Crippen molar-refractivity contribution < 1.29 is 25.6 Å². The van der Waals surface area contributed by atoms with E-state index in [1.165, 1.54) is 24.5 Å². The summed E-state index contributed by atoms with van der Waals surface area (Å²) in [5.41, 5.74) is 2.04. The molecule has 1 saturated carbocycles. The lowest BCUT2D eigenvalue weighted by Crippen LogP contribution is -2.33. The van der Waals surface area contributed by atoms with E-state index >= 15 is 0 Å². The smallest absolute Gasteiger partial charge is 0.269 e. The van der Waals surface area contributed by atoms with E-state index < -0.39 is 42.6 Å². The number of halogens is 2. The Morgan fingerprint density at radius 1 is 0.923 bits per heavy atom. The maximum atomic E-state index is 13.6. The molecule has 14 heteroatoms. The molecule has 0 aliphatic heterocycles. The van der Waals surface area contributed by atoms with Gasteiger partial charge in [0.1, 0.15) is 17.5 Å². The SMILES string of the molecule is Cc1ccc(S(=O)(=O)n2ccc3c2ncc2nnc([C@@H]4CC[C@H](NS(=O)(=O)c5cc(F)cc(F)c5)C4)n23)cc1. The number of hydrogen-bond acceptors (Lipinski definition) is 7. The van der Waals surface area contributed by atoms with Crippen LogP contribution in [0.15, 0.2) is 70.7 Å². The summed E-state index contributed by atoms with van der Waals surface area (Å²) < 4.78 is 84.8. The third kappa shape index (κ3) is 4.47. The van der Waals surface area contributed by atoms with Crippen molar-refractivity contribution in [3.63, 3.8) is 0 Å². The van der Waals surface area contributed by atoms with Gasteiger partial charge in [-0.2, -0.15) is 0 Å². The molecule has 0 saturated heterocycles. The molecule has 6 rings (SSSR count). The second-order valence-electron chi connectivity index (χ2n) is 9.58. The van der Waals surface area contributed by atoms with Gasteiger partial charge in [-0.1, -0.05) is 17.7 Å². The van der Waals surface area contributed by atoms with E-state index in [2.05, 4.69) is 19.9 Å². The van der Waals surface area contributed by atoms with Gasteiger partial charge in [0.05, 0.1) is 21.5 Å². The standard InChI is InChI=1S/C25H22F2N6O4S2/c1-15-2-6-20(7-3-15)39(36,37)32-9-8-22-25(32)28-14-23-29-30-24(33(22)23)16-4-5-19(10-16)31-38(34,35)21-12-17(26)11-18(27)13-21/h2-3,6-9,11-14,16,19,31H,4-5,10H2,1H3/t16-,19+/m1/s1. The summed E-state index contributed by atoms with van der Waals surface area (Å²) in [5, 5.41) is 8.51. The average Bonchev–Trinajstić information content (AvgIpc) is 3.61. The summed E-state index contributed by atoms with van der Waals surface area (Å²) in [6, 6.07) is 9.79. The van der Waals surface area contributed by atoms with Crippen LogP contribution in [0.3, 0.4) is 0 Å². The summed E-state index contributed by atoms with van der Waals surface area (Å²) in [7, 11) is -8.07. The molecule has 0 radical (unpaired) electrons. The molecule has 1 aliphatic rings. The van der Waals surface area contributed by atoms with Crippen molar-refractivity contribution in [1.82, 2.24) is 28.3 Å². The number of aryl methyl sites for hydroxylation is 1. The molecule has 0 unspecified atom stereocenters. The molecule has 10 nitrogen and oxygen atoms in total. The van der Waals surface area contributed by atoms with Crippen molar-refractivity contribution in [3.05, 3.63) is 83.9 Å². The van der Waals surface area contributed by atoms with Crippen molar-refractivity contribution in [3.8, 4) is 0 Å². The van der Waals surface area contributed by atoms with Crippen LogP contribution in [0, 0.1) is 18.6 Å². The minimum absolute atomic E-state index is 0.126. The number of benzene rings is 2. The van der Waals surface area contributed by atoms with Gasteiger partial charge in [-0.25, -0.2) is 39.3 Å². The zero-order chi connectivity index (χ0) is 27.5. The number of sulfonamides is 1. The van der Waals surface area contributed by atoms with Crippen LogP contribution >= 0.6 is 0 Å². The van der Waals surface area contributed by atoms with Crippen LogP contribution in [0.1, 0.15) is 36.6 Å². The van der Waals surface area contributed by atoms with Gasteiger partial charge in [-0.05, 0) is 56.5 Å². The third-order valence-corrected chi connectivity index (χ3v) is 10.1. The Bertz CT molecular complexity index is 1930. The van der Waals surface area contributed by atoms with E-state index in [9.17, 15) is 25.6 Å². The van der Waals surface area contributed by atoms with Gasteiger partial charge in [0.25, 0.3) is 10.0 Å². The molecule has 1 fully saturated rings. The lowest BCUT2D eigenvalue weighted by atomic mass is 10.1. The van der Waals surface area contributed by atoms with Gasteiger partial charge in [-0.15, -0.1) is 10.2 Å². The Morgan fingerprint density at radius 2 is 1.64 bits per heavy atom. The van der Waals surface area contributed by atoms with E-state index in [0.29, 0.717) is 42.3 Å². The van der Waals surface area contributed by atoms with E-state index in [1.807, 2.05) is 6.92 Å². The maximum Gasteiger partial charge on any atom is 0.269 e. The van der Waals surface area contributed by atoms with Crippen LogP contribution in [-0.4, -0.2) is 46.4 Å². The van der Waals surface area contributed by atoms with Crippen LogP contribution in [-0.2, 0) is 20.0 Å². The zero-order valence-corrected chi connectivity index (χ0v) is 22.1. The number of fused-ring (bicyclic) bond motifs is 3. The first-order valence-corrected chi connectivity index (χ1v) is 15.0. The summed E-state index contributed by atoms with van der Waals surface area (Å²) in [6.07, 6.45) is 4.27. The van der Waals surface area contributed by atoms with Crippen molar-refractivity contribution in [2.75, 3.05) is 0 Å². The summed E-state index contributed by atoms with van der Waals surface area (Å²) >= 11 is 0. The Morgan fingerprint density at radius 3 is 2.36 bits per heavy atom. The van der Waals surface area contributed by atoms with Gasteiger partial charge >= 0.3 is 0 Å². The quantitative estimate of drug-likeness (QED) is 0.330. The molecule has 5 aromatic rings. The Kier molecular flexibility index (Phi) is 6.00. The summed E-state index contributed by atoms with van der Waals surface area (Å²) in [5.74, 6) is -1.63. The summed E-state index contributed by atoms with van der Waals surface area (Å²) in [6.45, 7) is 1.87. The molecule has 3 aromatic heterocycles. The van der Waals surface area contributed by atoms with Gasteiger partial charge in [-0.3, -0.25) is 4.40 Å².